The van der Waals surface area contributed by atoms with Gasteiger partial charge in [0.05, 0.1) is 10.6 Å². The fourth-order valence-electron chi connectivity index (χ4n) is 4.75. The average Bonchev–Trinajstić information content (AvgIpc) is 2.99. The minimum Gasteiger partial charge on any atom is -0.357 e. The molecule has 1 N–H and O–H groups in total. The highest BCUT2D eigenvalue weighted by Gasteiger charge is 2.35. The van der Waals surface area contributed by atoms with Gasteiger partial charge in [0.15, 0.2) is 0 Å². The fourth-order valence-corrected chi connectivity index (χ4v) is 6.69. The molecule has 0 aliphatic carbocycles. The van der Waals surface area contributed by atoms with Gasteiger partial charge in [-0.1, -0.05) is 95.5 Å². The summed E-state index contributed by atoms with van der Waals surface area (Å²) in [7, 11) is -2.68. The zero-order chi connectivity index (χ0) is 31.1. The van der Waals surface area contributed by atoms with Crippen LogP contribution in [0.2, 0.25) is 10.0 Å². The summed E-state index contributed by atoms with van der Waals surface area (Å²) in [5.74, 6) is -0.972. The Morgan fingerprint density at radius 3 is 2.14 bits per heavy atom. The number of amides is 2. The summed E-state index contributed by atoms with van der Waals surface area (Å²) in [6.45, 7) is 3.05. The summed E-state index contributed by atoms with van der Waals surface area (Å²) in [6.07, 6.45) is 0.201. The van der Waals surface area contributed by atoms with Crippen molar-refractivity contribution in [2.45, 2.75) is 37.8 Å². The topological polar surface area (TPSA) is 86.8 Å². The molecule has 4 rings (SSSR count). The molecule has 1 atom stereocenters. The number of hydrogen-bond donors (Lipinski definition) is 1. The van der Waals surface area contributed by atoms with Gasteiger partial charge in [0.2, 0.25) is 11.8 Å². The number of para-hydroxylation sites is 1. The number of carbonyl (C=O) groups excluding carboxylic acids is 2. The van der Waals surface area contributed by atoms with Gasteiger partial charge in [0.25, 0.3) is 10.0 Å². The van der Waals surface area contributed by atoms with Crippen molar-refractivity contribution in [3.63, 3.8) is 0 Å². The first-order valence-electron chi connectivity index (χ1n) is 13.6. The number of carbonyl (C=O) groups is 2. The molecule has 0 aliphatic rings. The predicted molar refractivity (Wildman–Crippen MR) is 172 cm³/mol. The first-order valence-corrected chi connectivity index (χ1v) is 15.8. The molecule has 0 aromatic heterocycles. The molecule has 224 valence electrons. The van der Waals surface area contributed by atoms with Crippen LogP contribution in [-0.2, 0) is 32.6 Å². The van der Waals surface area contributed by atoms with Crippen molar-refractivity contribution in [3.8, 4) is 0 Å². The molecule has 0 fully saturated rings. The number of benzene rings is 4. The molecule has 0 radical (unpaired) electrons. The lowest BCUT2D eigenvalue weighted by molar-refractivity contribution is -0.139. The Labute approximate surface area is 263 Å². The quantitative estimate of drug-likeness (QED) is 0.212. The van der Waals surface area contributed by atoms with Gasteiger partial charge in [0.1, 0.15) is 12.6 Å². The number of sulfonamides is 1. The third-order valence-corrected chi connectivity index (χ3v) is 9.51. The third-order valence-electron chi connectivity index (χ3n) is 7.15. The summed E-state index contributed by atoms with van der Waals surface area (Å²) in [5.41, 5.74) is 3.33. The summed E-state index contributed by atoms with van der Waals surface area (Å²) in [4.78, 5) is 29.2. The van der Waals surface area contributed by atoms with Crippen molar-refractivity contribution in [2.24, 2.45) is 0 Å². The first kappa shape index (κ1) is 32.1. The number of rotatable bonds is 11. The lowest BCUT2D eigenvalue weighted by Crippen LogP contribution is -2.53. The Kier molecular flexibility index (Phi) is 10.5. The third kappa shape index (κ3) is 7.76. The molecule has 0 spiro atoms. The van der Waals surface area contributed by atoms with Crippen LogP contribution in [0.5, 0.6) is 0 Å². The second-order valence-corrected chi connectivity index (χ2v) is 12.9. The standard InChI is InChI=1S/C33H33Cl2N3O4S/c1-23-13-17-28(18-14-23)43(41,42)38(30-12-8-7-9-24(30)2)22-32(39)37(21-26-15-16-27(34)20-29(26)35)31(33(40)36-3)19-25-10-5-4-6-11-25/h4-18,20,31H,19,21-22H2,1-3H3,(H,36,40)/t31-/m0/s1. The lowest BCUT2D eigenvalue weighted by Gasteiger charge is -2.34. The Morgan fingerprint density at radius 2 is 1.51 bits per heavy atom. The normalized spacial score (nSPS) is 11.9. The van der Waals surface area contributed by atoms with E-state index in [4.69, 9.17) is 23.2 Å². The molecule has 0 saturated heterocycles. The van der Waals surface area contributed by atoms with Crippen LogP contribution in [0, 0.1) is 13.8 Å². The zero-order valence-electron chi connectivity index (χ0n) is 24.1. The average molecular weight is 639 g/mol. The van der Waals surface area contributed by atoms with Gasteiger partial charge in [-0.3, -0.25) is 13.9 Å². The van der Waals surface area contributed by atoms with E-state index in [0.717, 1.165) is 15.4 Å². The SMILES string of the molecule is CNC(=O)[C@H](Cc1ccccc1)N(Cc1ccc(Cl)cc1Cl)C(=O)CN(c1ccccc1C)S(=O)(=O)c1ccc(C)cc1. The van der Waals surface area contributed by atoms with E-state index in [-0.39, 0.29) is 17.9 Å². The van der Waals surface area contributed by atoms with Gasteiger partial charge in [-0.15, -0.1) is 0 Å². The van der Waals surface area contributed by atoms with Crippen molar-refractivity contribution in [2.75, 3.05) is 17.9 Å². The highest BCUT2D eigenvalue weighted by molar-refractivity contribution is 7.92. The van der Waals surface area contributed by atoms with Crippen molar-refractivity contribution in [1.82, 2.24) is 10.2 Å². The largest absolute Gasteiger partial charge is 0.357 e. The van der Waals surface area contributed by atoms with Crippen LogP contribution >= 0.6 is 23.2 Å². The summed E-state index contributed by atoms with van der Waals surface area (Å²) < 4.78 is 29.3. The molecule has 0 saturated carbocycles. The molecule has 4 aromatic rings. The van der Waals surface area contributed by atoms with E-state index in [2.05, 4.69) is 5.32 Å². The monoisotopic (exact) mass is 637 g/mol. The van der Waals surface area contributed by atoms with Crippen molar-refractivity contribution < 1.29 is 18.0 Å². The minimum atomic E-state index is -4.18. The predicted octanol–water partition coefficient (Wildman–Crippen LogP) is 6.19. The van der Waals surface area contributed by atoms with E-state index in [1.807, 2.05) is 37.3 Å². The fraction of sp³-hybridized carbons (Fsp3) is 0.212. The van der Waals surface area contributed by atoms with Crippen LogP contribution in [0.1, 0.15) is 22.3 Å². The summed E-state index contributed by atoms with van der Waals surface area (Å²) in [5, 5.41) is 3.41. The number of halogens is 2. The number of hydrogen-bond acceptors (Lipinski definition) is 4. The van der Waals surface area contributed by atoms with Gasteiger partial charge in [0, 0.05) is 30.1 Å². The van der Waals surface area contributed by atoms with Gasteiger partial charge in [-0.2, -0.15) is 0 Å². The second-order valence-electron chi connectivity index (χ2n) is 10.2. The van der Waals surface area contributed by atoms with E-state index >= 15 is 0 Å². The van der Waals surface area contributed by atoms with Crippen LogP contribution in [0.25, 0.3) is 0 Å². The van der Waals surface area contributed by atoms with Crippen molar-refractivity contribution >= 4 is 50.7 Å². The zero-order valence-corrected chi connectivity index (χ0v) is 26.5. The first-order chi connectivity index (χ1) is 20.5. The Balaban J connectivity index is 1.81. The van der Waals surface area contributed by atoms with E-state index in [1.54, 1.807) is 61.5 Å². The van der Waals surface area contributed by atoms with Gasteiger partial charge >= 0.3 is 0 Å². The molecule has 4 aromatic carbocycles. The number of nitrogens with one attached hydrogen (secondary N) is 1. The number of likely N-dealkylation sites (N-methyl/N-ethyl adjacent to an activating group) is 1. The molecule has 43 heavy (non-hydrogen) atoms. The molecule has 0 unspecified atom stereocenters. The Hall–Kier alpha value is -3.85. The maximum atomic E-state index is 14.4. The van der Waals surface area contributed by atoms with Crippen LogP contribution in [0.15, 0.2) is 102 Å². The molecular weight excluding hydrogens is 605 g/mol. The van der Waals surface area contributed by atoms with Gasteiger partial charge in [-0.05, 0) is 60.9 Å². The molecular formula is C33H33Cl2N3O4S. The van der Waals surface area contributed by atoms with E-state index in [1.165, 1.54) is 24.1 Å². The van der Waals surface area contributed by atoms with E-state index in [0.29, 0.717) is 26.9 Å². The second kappa shape index (κ2) is 14.1. The van der Waals surface area contributed by atoms with Crippen molar-refractivity contribution in [3.05, 3.63) is 129 Å². The van der Waals surface area contributed by atoms with Crippen LogP contribution in [0.4, 0.5) is 5.69 Å². The highest BCUT2D eigenvalue weighted by atomic mass is 35.5. The van der Waals surface area contributed by atoms with Crippen molar-refractivity contribution in [1.29, 1.82) is 0 Å². The molecule has 2 amide bonds. The summed E-state index contributed by atoms with van der Waals surface area (Å²) >= 11 is 12.6. The summed E-state index contributed by atoms with van der Waals surface area (Å²) in [6, 6.07) is 26.7. The van der Waals surface area contributed by atoms with Gasteiger partial charge in [-0.25, -0.2) is 8.42 Å². The Bertz CT molecular complexity index is 1700. The number of anilines is 1. The lowest BCUT2D eigenvalue weighted by atomic mass is 10.0. The maximum absolute atomic E-state index is 14.4. The van der Waals surface area contributed by atoms with Crippen LogP contribution in [-0.4, -0.2) is 44.8 Å². The van der Waals surface area contributed by atoms with Crippen LogP contribution in [0.3, 0.4) is 0 Å². The number of aryl methyl sites for hydroxylation is 2. The smallest absolute Gasteiger partial charge is 0.264 e. The van der Waals surface area contributed by atoms with Gasteiger partial charge < -0.3 is 10.2 Å². The highest BCUT2D eigenvalue weighted by Crippen LogP contribution is 2.29. The molecule has 10 heteroatoms. The number of nitrogens with zero attached hydrogens (tertiary/aromatic N) is 2. The maximum Gasteiger partial charge on any atom is 0.264 e. The van der Waals surface area contributed by atoms with E-state index < -0.39 is 34.4 Å². The minimum absolute atomic E-state index is 0.0496. The molecule has 0 bridgehead atoms. The molecule has 0 heterocycles. The molecule has 0 aliphatic heterocycles. The van der Waals surface area contributed by atoms with Crippen LogP contribution < -0.4 is 9.62 Å². The molecule has 7 nitrogen and oxygen atoms in total. The van der Waals surface area contributed by atoms with E-state index in [9.17, 15) is 18.0 Å². The Morgan fingerprint density at radius 1 is 0.860 bits per heavy atom.